The molecule has 6 nitrogen and oxygen atoms in total. The number of ketones is 1. The molecule has 0 saturated carbocycles. The molecule has 0 aliphatic heterocycles. The van der Waals surface area contributed by atoms with Gasteiger partial charge < -0.3 is 9.47 Å². The summed E-state index contributed by atoms with van der Waals surface area (Å²) >= 11 is 0. The Kier molecular flexibility index (Phi) is 6.88. The lowest BCUT2D eigenvalue weighted by Gasteiger charge is -2.04. The molecule has 1 aromatic rings. The Morgan fingerprint density at radius 2 is 2.09 bits per heavy atom. The highest BCUT2D eigenvalue weighted by molar-refractivity contribution is 6.04. The van der Waals surface area contributed by atoms with Gasteiger partial charge in [-0.15, -0.1) is 0 Å². The molecule has 1 aromatic carbocycles. The second-order valence-corrected chi connectivity index (χ2v) is 4.17. The molecule has 0 atom stereocenters. The third kappa shape index (κ3) is 5.48. The predicted molar refractivity (Wildman–Crippen MR) is 77.6 cm³/mol. The monoisotopic (exact) mass is 298 g/mol. The maximum Gasteiger partial charge on any atom is 0.313 e. The van der Waals surface area contributed by atoms with Gasteiger partial charge in [0.25, 0.3) is 0 Å². The van der Waals surface area contributed by atoms with Crippen LogP contribution in [0.15, 0.2) is 24.3 Å². The zero-order valence-corrected chi connectivity index (χ0v) is 12.0. The van der Waals surface area contributed by atoms with Gasteiger partial charge in [0.1, 0.15) is 18.8 Å². The first-order valence-electron chi connectivity index (χ1n) is 6.42. The molecular weight excluding hydrogens is 284 g/mol. The van der Waals surface area contributed by atoms with Crippen molar-refractivity contribution < 1.29 is 19.1 Å². The van der Waals surface area contributed by atoms with Gasteiger partial charge in [-0.3, -0.25) is 9.59 Å². The molecule has 6 heteroatoms. The number of carbonyl (C=O) groups is 2. The van der Waals surface area contributed by atoms with E-state index in [1.807, 2.05) is 12.1 Å². The molecule has 0 aromatic heterocycles. The summed E-state index contributed by atoms with van der Waals surface area (Å²) in [7, 11) is 1.46. The normalized spacial score (nSPS) is 9.77. The van der Waals surface area contributed by atoms with E-state index in [-0.39, 0.29) is 19.4 Å². The molecule has 0 N–H and O–H groups in total. The Morgan fingerprint density at radius 3 is 2.73 bits per heavy atom. The zero-order chi connectivity index (χ0) is 16.4. The van der Waals surface area contributed by atoms with Crippen molar-refractivity contribution in [3.63, 3.8) is 0 Å². The number of methoxy groups -OCH3 is 1. The summed E-state index contributed by atoms with van der Waals surface area (Å²) in [5.41, 5.74) is 1.06. The van der Waals surface area contributed by atoms with E-state index in [2.05, 4.69) is 0 Å². The van der Waals surface area contributed by atoms with Crippen molar-refractivity contribution in [3.05, 3.63) is 35.4 Å². The summed E-state index contributed by atoms with van der Waals surface area (Å²) in [5.74, 6) is -0.634. The maximum absolute atomic E-state index is 11.6. The maximum atomic E-state index is 11.6. The van der Waals surface area contributed by atoms with Gasteiger partial charge in [-0.05, 0) is 30.4 Å². The summed E-state index contributed by atoms with van der Waals surface area (Å²) in [6.07, 6.45) is 2.46. The summed E-state index contributed by atoms with van der Waals surface area (Å²) in [6, 6.07) is 8.62. The highest BCUT2D eigenvalue weighted by atomic mass is 16.5. The summed E-state index contributed by atoms with van der Waals surface area (Å²) < 4.78 is 9.83. The van der Waals surface area contributed by atoms with Crippen LogP contribution in [0.1, 0.15) is 24.0 Å². The van der Waals surface area contributed by atoms with Gasteiger partial charge >= 0.3 is 5.97 Å². The zero-order valence-electron chi connectivity index (χ0n) is 12.0. The molecule has 0 fully saturated rings. The SMILES string of the molecule is COc1cc(C#N)ccc1/C=C/C(=O)CC(=O)OCCC#N. The minimum absolute atomic E-state index is 0.0181. The number of hydrogen-bond acceptors (Lipinski definition) is 6. The number of carbonyl (C=O) groups excluding carboxylic acids is 2. The summed E-state index contributed by atoms with van der Waals surface area (Å²) in [6.45, 7) is -0.0181. The Labute approximate surface area is 128 Å². The van der Waals surface area contributed by atoms with Crippen molar-refractivity contribution in [2.45, 2.75) is 12.8 Å². The molecule has 0 spiro atoms. The molecule has 0 heterocycles. The minimum Gasteiger partial charge on any atom is -0.496 e. The second-order valence-electron chi connectivity index (χ2n) is 4.17. The fraction of sp³-hybridized carbons (Fsp3) is 0.250. The Morgan fingerprint density at radius 1 is 1.32 bits per heavy atom. The molecule has 1 rings (SSSR count). The van der Waals surface area contributed by atoms with Gasteiger partial charge in [-0.1, -0.05) is 0 Å². The van der Waals surface area contributed by atoms with Crippen LogP contribution in [-0.4, -0.2) is 25.5 Å². The predicted octanol–water partition coefficient (Wildman–Crippen LogP) is 2.00. The lowest BCUT2D eigenvalue weighted by molar-refractivity contribution is -0.145. The standard InChI is InChI=1S/C16H14N2O4/c1-21-15-9-12(11-18)3-4-13(15)5-6-14(19)10-16(20)22-8-2-7-17/h3-6,9H,2,8,10H2,1H3/b6-5+. The van der Waals surface area contributed by atoms with E-state index in [1.54, 1.807) is 18.2 Å². The first-order valence-corrected chi connectivity index (χ1v) is 6.42. The lowest BCUT2D eigenvalue weighted by atomic mass is 10.1. The van der Waals surface area contributed by atoms with Gasteiger partial charge in [0.05, 0.1) is 31.2 Å². The van der Waals surface area contributed by atoms with Gasteiger partial charge in [-0.25, -0.2) is 0 Å². The van der Waals surface area contributed by atoms with Crippen LogP contribution in [0.3, 0.4) is 0 Å². The molecule has 0 radical (unpaired) electrons. The van der Waals surface area contributed by atoms with Gasteiger partial charge in [0.2, 0.25) is 0 Å². The van der Waals surface area contributed by atoms with Crippen molar-refractivity contribution in [1.82, 2.24) is 0 Å². The fourth-order valence-corrected chi connectivity index (χ4v) is 1.56. The van der Waals surface area contributed by atoms with Gasteiger partial charge in [0, 0.05) is 5.56 Å². The largest absolute Gasteiger partial charge is 0.496 e. The highest BCUT2D eigenvalue weighted by Gasteiger charge is 2.08. The van der Waals surface area contributed by atoms with Gasteiger partial charge in [-0.2, -0.15) is 10.5 Å². The van der Waals surface area contributed by atoms with Crippen LogP contribution in [0, 0.1) is 22.7 Å². The average molecular weight is 298 g/mol. The summed E-state index contributed by atoms with van der Waals surface area (Å²) in [4.78, 5) is 22.9. The van der Waals surface area contributed by atoms with Crippen LogP contribution in [-0.2, 0) is 14.3 Å². The Bertz CT molecular complexity index is 666. The molecule has 0 aliphatic rings. The number of esters is 1. The Hall–Kier alpha value is -3.12. The third-order valence-corrected chi connectivity index (χ3v) is 2.61. The van der Waals surface area contributed by atoms with Crippen LogP contribution in [0.4, 0.5) is 0 Å². The van der Waals surface area contributed by atoms with Crippen molar-refractivity contribution in [2.75, 3.05) is 13.7 Å². The number of rotatable bonds is 7. The number of nitrogens with zero attached hydrogens (tertiary/aromatic N) is 2. The number of nitriles is 2. The molecule has 22 heavy (non-hydrogen) atoms. The molecule has 0 bridgehead atoms. The van der Waals surface area contributed by atoms with Crippen LogP contribution in [0.5, 0.6) is 5.75 Å². The fourth-order valence-electron chi connectivity index (χ4n) is 1.56. The molecule has 112 valence electrons. The number of hydrogen-bond donors (Lipinski definition) is 0. The lowest BCUT2D eigenvalue weighted by Crippen LogP contribution is -2.10. The van der Waals surface area contributed by atoms with Crippen LogP contribution in [0.25, 0.3) is 6.08 Å². The molecule has 0 unspecified atom stereocenters. The van der Waals surface area contributed by atoms with E-state index in [1.165, 1.54) is 19.3 Å². The van der Waals surface area contributed by atoms with E-state index < -0.39 is 11.8 Å². The van der Waals surface area contributed by atoms with E-state index in [0.717, 1.165) is 0 Å². The third-order valence-electron chi connectivity index (χ3n) is 2.61. The van der Waals surface area contributed by atoms with Crippen LogP contribution in [0.2, 0.25) is 0 Å². The van der Waals surface area contributed by atoms with Gasteiger partial charge in [0.15, 0.2) is 5.78 Å². The van der Waals surface area contributed by atoms with E-state index >= 15 is 0 Å². The number of ether oxygens (including phenoxy) is 2. The van der Waals surface area contributed by atoms with E-state index in [0.29, 0.717) is 16.9 Å². The first-order chi connectivity index (χ1) is 10.6. The molecule has 0 aliphatic carbocycles. The smallest absolute Gasteiger partial charge is 0.313 e. The number of benzene rings is 1. The molecular formula is C16H14N2O4. The van der Waals surface area contributed by atoms with Crippen LogP contribution < -0.4 is 4.74 Å². The molecule has 0 amide bonds. The average Bonchev–Trinajstić information content (AvgIpc) is 2.52. The van der Waals surface area contributed by atoms with Crippen molar-refractivity contribution >= 4 is 17.8 Å². The Balaban J connectivity index is 2.65. The highest BCUT2D eigenvalue weighted by Crippen LogP contribution is 2.21. The van der Waals surface area contributed by atoms with Crippen molar-refractivity contribution in [3.8, 4) is 17.9 Å². The summed E-state index contributed by atoms with van der Waals surface area (Å²) in [5, 5.41) is 17.1. The van der Waals surface area contributed by atoms with Crippen molar-refractivity contribution in [1.29, 1.82) is 10.5 Å². The van der Waals surface area contributed by atoms with Crippen LogP contribution >= 0.6 is 0 Å². The number of allylic oxidation sites excluding steroid dienone is 1. The van der Waals surface area contributed by atoms with E-state index in [4.69, 9.17) is 20.0 Å². The molecule has 0 saturated heterocycles. The topological polar surface area (TPSA) is 100 Å². The van der Waals surface area contributed by atoms with E-state index in [9.17, 15) is 9.59 Å². The van der Waals surface area contributed by atoms with Crippen molar-refractivity contribution in [2.24, 2.45) is 0 Å². The minimum atomic E-state index is -0.670. The quantitative estimate of drug-likeness (QED) is 0.330. The first kappa shape index (κ1) is 16.9. The second kappa shape index (κ2) is 8.93.